The molecule has 1 fully saturated rings. The number of halogens is 1. The van der Waals surface area contributed by atoms with Crippen LogP contribution in [-0.2, 0) is 9.53 Å². The van der Waals surface area contributed by atoms with Gasteiger partial charge in [-0.2, -0.15) is 5.26 Å². The average Bonchev–Trinajstić information content (AvgIpc) is 2.72. The number of benzene rings is 2. The Labute approximate surface area is 162 Å². The van der Waals surface area contributed by atoms with Crippen LogP contribution >= 0.6 is 0 Å². The maximum Gasteiger partial charge on any atom is 0.266 e. The molecule has 1 heterocycles. The Bertz CT molecular complexity index is 931. The molecule has 1 saturated heterocycles. The van der Waals surface area contributed by atoms with E-state index in [1.165, 1.54) is 19.3 Å². The van der Waals surface area contributed by atoms with Crippen molar-refractivity contribution < 1.29 is 18.7 Å². The second-order valence-corrected chi connectivity index (χ2v) is 6.17. The van der Waals surface area contributed by atoms with Gasteiger partial charge in [-0.15, -0.1) is 0 Å². The zero-order valence-electron chi connectivity index (χ0n) is 15.4. The molecule has 6 nitrogen and oxygen atoms in total. The number of rotatable bonds is 5. The number of hydrogen-bond acceptors (Lipinski definition) is 5. The largest absolute Gasteiger partial charge is 0.497 e. The molecule has 3 rings (SSSR count). The highest BCUT2D eigenvalue weighted by Crippen LogP contribution is 2.23. The number of hydrogen-bond donors (Lipinski definition) is 1. The fraction of sp³-hybridized carbons (Fsp3) is 0.238. The smallest absolute Gasteiger partial charge is 0.266 e. The lowest BCUT2D eigenvalue weighted by Crippen LogP contribution is -2.36. The van der Waals surface area contributed by atoms with Gasteiger partial charge in [-0.3, -0.25) is 4.79 Å². The van der Waals surface area contributed by atoms with Crippen molar-refractivity contribution in [2.24, 2.45) is 0 Å². The van der Waals surface area contributed by atoms with E-state index in [-0.39, 0.29) is 5.57 Å². The molecule has 7 heteroatoms. The fourth-order valence-corrected chi connectivity index (χ4v) is 2.89. The van der Waals surface area contributed by atoms with E-state index in [1.54, 1.807) is 36.4 Å². The third-order valence-corrected chi connectivity index (χ3v) is 4.33. The van der Waals surface area contributed by atoms with Gasteiger partial charge in [-0.1, -0.05) is 12.1 Å². The van der Waals surface area contributed by atoms with E-state index in [4.69, 9.17) is 9.47 Å². The molecule has 0 atom stereocenters. The molecule has 2 aromatic carbocycles. The fourth-order valence-electron chi connectivity index (χ4n) is 2.89. The number of nitrogens with zero attached hydrogens (tertiary/aromatic N) is 2. The Balaban J connectivity index is 1.76. The minimum absolute atomic E-state index is 0.124. The summed E-state index contributed by atoms with van der Waals surface area (Å²) in [6.45, 7) is 2.37. The zero-order valence-corrected chi connectivity index (χ0v) is 15.4. The van der Waals surface area contributed by atoms with Crippen LogP contribution < -0.4 is 15.0 Å². The maximum atomic E-state index is 14.5. The molecule has 0 radical (unpaired) electrons. The Kier molecular flexibility index (Phi) is 6.25. The lowest BCUT2D eigenvalue weighted by Gasteiger charge is -2.29. The second kappa shape index (κ2) is 9.02. The van der Waals surface area contributed by atoms with Crippen LogP contribution in [0, 0.1) is 17.1 Å². The first kappa shape index (κ1) is 19.4. The van der Waals surface area contributed by atoms with Crippen molar-refractivity contribution in [3.63, 3.8) is 0 Å². The SMILES string of the molecule is COc1cccc(NC(=O)/C(C#N)=C\c2ccc(N3CCOCC3)c(F)c2)c1. The summed E-state index contributed by atoms with van der Waals surface area (Å²) in [6.07, 6.45) is 1.36. The molecule has 1 aliphatic rings. The van der Waals surface area contributed by atoms with Gasteiger partial charge in [0.2, 0.25) is 0 Å². The minimum Gasteiger partial charge on any atom is -0.497 e. The quantitative estimate of drug-likeness (QED) is 0.636. The van der Waals surface area contributed by atoms with Gasteiger partial charge in [0.05, 0.1) is 26.0 Å². The zero-order chi connectivity index (χ0) is 19.9. The molecule has 0 bridgehead atoms. The number of methoxy groups -OCH3 is 1. The first-order chi connectivity index (χ1) is 13.6. The standard InChI is InChI=1S/C21H20FN3O3/c1-27-18-4-2-3-17(13-18)24-21(26)16(14-23)11-15-5-6-20(19(22)12-15)25-7-9-28-10-8-25/h2-6,11-13H,7-10H2,1H3,(H,24,26)/b16-11-. The number of ether oxygens (including phenoxy) is 2. The number of carbonyl (C=O) groups is 1. The molecule has 1 aliphatic heterocycles. The number of morpholine rings is 1. The summed E-state index contributed by atoms with van der Waals surface area (Å²) >= 11 is 0. The van der Waals surface area contributed by atoms with Gasteiger partial charge in [0.1, 0.15) is 23.2 Å². The Morgan fingerprint density at radius 3 is 2.75 bits per heavy atom. The van der Waals surface area contributed by atoms with Gasteiger partial charge >= 0.3 is 0 Å². The molecule has 0 unspecified atom stereocenters. The van der Waals surface area contributed by atoms with Gasteiger partial charge in [0.25, 0.3) is 5.91 Å². The predicted octanol–water partition coefficient (Wildman–Crippen LogP) is 3.22. The molecule has 144 valence electrons. The lowest BCUT2D eigenvalue weighted by molar-refractivity contribution is -0.112. The minimum atomic E-state index is -0.576. The highest BCUT2D eigenvalue weighted by molar-refractivity contribution is 6.09. The molecule has 0 aromatic heterocycles. The van der Waals surface area contributed by atoms with E-state index >= 15 is 0 Å². The van der Waals surface area contributed by atoms with Crippen LogP contribution in [0.3, 0.4) is 0 Å². The van der Waals surface area contributed by atoms with E-state index in [9.17, 15) is 14.4 Å². The van der Waals surface area contributed by atoms with Crippen molar-refractivity contribution in [3.8, 4) is 11.8 Å². The van der Waals surface area contributed by atoms with Crippen LogP contribution in [0.25, 0.3) is 6.08 Å². The van der Waals surface area contributed by atoms with Gasteiger partial charge < -0.3 is 19.7 Å². The van der Waals surface area contributed by atoms with E-state index in [0.717, 1.165) is 0 Å². The normalized spacial score (nSPS) is 14.3. The van der Waals surface area contributed by atoms with Crippen molar-refractivity contribution in [3.05, 3.63) is 59.4 Å². The molecule has 2 aromatic rings. The van der Waals surface area contributed by atoms with Crippen LogP contribution in [0.5, 0.6) is 5.75 Å². The third kappa shape index (κ3) is 4.67. The molecular formula is C21H20FN3O3. The van der Waals surface area contributed by atoms with Crippen LogP contribution in [0.4, 0.5) is 15.8 Å². The van der Waals surface area contributed by atoms with Crippen LogP contribution in [0.2, 0.25) is 0 Å². The Hall–Kier alpha value is -3.37. The van der Waals surface area contributed by atoms with E-state index in [0.29, 0.717) is 49.0 Å². The van der Waals surface area contributed by atoms with Gasteiger partial charge in [-0.25, -0.2) is 4.39 Å². The summed E-state index contributed by atoms with van der Waals surface area (Å²) in [6, 6.07) is 13.3. The summed E-state index contributed by atoms with van der Waals surface area (Å²) in [5, 5.41) is 12.0. The van der Waals surface area contributed by atoms with Gasteiger partial charge in [0, 0.05) is 24.8 Å². The summed E-state index contributed by atoms with van der Waals surface area (Å²) in [4.78, 5) is 14.3. The van der Waals surface area contributed by atoms with Gasteiger partial charge in [0.15, 0.2) is 0 Å². The van der Waals surface area contributed by atoms with Crippen molar-refractivity contribution >= 4 is 23.4 Å². The first-order valence-electron chi connectivity index (χ1n) is 8.80. The number of amides is 1. The van der Waals surface area contributed by atoms with Crippen molar-refractivity contribution in [1.29, 1.82) is 5.26 Å². The van der Waals surface area contributed by atoms with Crippen LogP contribution in [-0.4, -0.2) is 39.3 Å². The summed E-state index contributed by atoms with van der Waals surface area (Å²) < 4.78 is 24.9. The van der Waals surface area contributed by atoms with E-state index in [1.807, 2.05) is 11.0 Å². The molecular weight excluding hydrogens is 361 g/mol. The monoisotopic (exact) mass is 381 g/mol. The number of nitriles is 1. The third-order valence-electron chi connectivity index (χ3n) is 4.33. The maximum absolute atomic E-state index is 14.5. The highest BCUT2D eigenvalue weighted by atomic mass is 19.1. The molecule has 1 N–H and O–H groups in total. The molecule has 0 spiro atoms. The molecule has 1 amide bonds. The predicted molar refractivity (Wildman–Crippen MR) is 105 cm³/mol. The highest BCUT2D eigenvalue weighted by Gasteiger charge is 2.16. The molecule has 0 aliphatic carbocycles. The van der Waals surface area contributed by atoms with Crippen molar-refractivity contribution in [1.82, 2.24) is 0 Å². The topological polar surface area (TPSA) is 74.6 Å². The summed E-state index contributed by atoms with van der Waals surface area (Å²) in [7, 11) is 1.52. The average molecular weight is 381 g/mol. The van der Waals surface area contributed by atoms with Crippen LogP contribution in [0.15, 0.2) is 48.0 Å². The van der Waals surface area contributed by atoms with Crippen molar-refractivity contribution in [2.45, 2.75) is 0 Å². The van der Waals surface area contributed by atoms with E-state index < -0.39 is 11.7 Å². The van der Waals surface area contributed by atoms with Crippen LogP contribution in [0.1, 0.15) is 5.56 Å². The lowest BCUT2D eigenvalue weighted by atomic mass is 10.1. The summed E-state index contributed by atoms with van der Waals surface area (Å²) in [5.74, 6) is -0.393. The Morgan fingerprint density at radius 1 is 1.29 bits per heavy atom. The van der Waals surface area contributed by atoms with E-state index in [2.05, 4.69) is 5.32 Å². The number of anilines is 2. The molecule has 0 saturated carbocycles. The summed E-state index contributed by atoms with van der Waals surface area (Å²) in [5.41, 5.74) is 1.30. The second-order valence-electron chi connectivity index (χ2n) is 6.17. The first-order valence-corrected chi connectivity index (χ1v) is 8.80. The molecule has 28 heavy (non-hydrogen) atoms. The Morgan fingerprint density at radius 2 is 2.07 bits per heavy atom. The number of carbonyl (C=O) groups excluding carboxylic acids is 1. The van der Waals surface area contributed by atoms with Gasteiger partial charge in [-0.05, 0) is 35.9 Å². The van der Waals surface area contributed by atoms with Crippen molar-refractivity contribution in [2.75, 3.05) is 43.6 Å². The number of nitrogens with one attached hydrogen (secondary N) is 1.